The number of benzene rings is 2. The summed E-state index contributed by atoms with van der Waals surface area (Å²) in [5, 5.41) is 0. The van der Waals surface area contributed by atoms with Crippen LogP contribution in [-0.4, -0.2) is 47.7 Å². The Morgan fingerprint density at radius 1 is 1.04 bits per heavy atom. The largest absolute Gasteiger partial charge is 0.337 e. The van der Waals surface area contributed by atoms with Crippen molar-refractivity contribution in [3.05, 3.63) is 71.3 Å². The van der Waals surface area contributed by atoms with Gasteiger partial charge in [0.15, 0.2) is 5.78 Å². The highest BCUT2D eigenvalue weighted by molar-refractivity contribution is 6.07. The number of hydrogen-bond acceptors (Lipinski definition) is 3. The van der Waals surface area contributed by atoms with Crippen LogP contribution in [0.1, 0.15) is 46.0 Å². The summed E-state index contributed by atoms with van der Waals surface area (Å²) in [6.07, 6.45) is 2.07. The highest BCUT2D eigenvalue weighted by atomic mass is 16.2. The zero-order valence-electron chi connectivity index (χ0n) is 15.5. The molecular formula is C22H26N2O2. The van der Waals surface area contributed by atoms with Crippen LogP contribution < -0.4 is 0 Å². The number of amides is 1. The van der Waals surface area contributed by atoms with E-state index in [0.29, 0.717) is 23.7 Å². The van der Waals surface area contributed by atoms with Crippen molar-refractivity contribution in [2.75, 3.05) is 20.1 Å². The number of carbonyl (C=O) groups excluding carboxylic acids is 2. The molecule has 1 amide bonds. The van der Waals surface area contributed by atoms with Crippen molar-refractivity contribution in [3.8, 4) is 0 Å². The van der Waals surface area contributed by atoms with Crippen molar-refractivity contribution < 1.29 is 9.59 Å². The van der Waals surface area contributed by atoms with Gasteiger partial charge in [0.1, 0.15) is 0 Å². The van der Waals surface area contributed by atoms with E-state index in [2.05, 4.69) is 36.2 Å². The fourth-order valence-corrected chi connectivity index (χ4v) is 3.65. The Kier molecular flexibility index (Phi) is 5.84. The van der Waals surface area contributed by atoms with Crippen LogP contribution in [-0.2, 0) is 6.54 Å². The third-order valence-electron chi connectivity index (χ3n) is 5.12. The van der Waals surface area contributed by atoms with Gasteiger partial charge in [0, 0.05) is 31.2 Å². The number of hydrogen-bond donors (Lipinski definition) is 0. The van der Waals surface area contributed by atoms with Gasteiger partial charge < -0.3 is 4.90 Å². The lowest BCUT2D eigenvalue weighted by molar-refractivity contribution is 0.0599. The van der Waals surface area contributed by atoms with Gasteiger partial charge in [0.2, 0.25) is 0 Å². The fraction of sp³-hybridized carbons (Fsp3) is 0.364. The Balaban J connectivity index is 1.70. The zero-order chi connectivity index (χ0) is 18.5. The molecule has 136 valence electrons. The lowest BCUT2D eigenvalue weighted by atomic mass is 9.99. The SMILES string of the molecule is CC(=O)c1ccccc1C(=O)N1CCC[C@H](N(C)Cc2ccccc2)C1. The maximum atomic E-state index is 13.0. The van der Waals surface area contributed by atoms with Crippen molar-refractivity contribution in [1.82, 2.24) is 9.80 Å². The molecule has 1 heterocycles. The molecule has 1 atom stereocenters. The minimum atomic E-state index is -0.0660. The molecule has 0 bridgehead atoms. The number of Topliss-reactive ketones (excluding diaryl/α,β-unsaturated/α-hetero) is 1. The van der Waals surface area contributed by atoms with Crippen LogP contribution in [0.2, 0.25) is 0 Å². The van der Waals surface area contributed by atoms with Crippen molar-refractivity contribution in [2.24, 2.45) is 0 Å². The summed E-state index contributed by atoms with van der Waals surface area (Å²) in [6, 6.07) is 17.8. The summed E-state index contributed by atoms with van der Waals surface area (Å²) in [5.74, 6) is -0.0997. The molecule has 1 fully saturated rings. The molecule has 0 unspecified atom stereocenters. The minimum Gasteiger partial charge on any atom is -0.337 e. The van der Waals surface area contributed by atoms with E-state index in [1.807, 2.05) is 17.0 Å². The molecular weight excluding hydrogens is 324 g/mol. The van der Waals surface area contributed by atoms with E-state index >= 15 is 0 Å². The van der Waals surface area contributed by atoms with Crippen molar-refractivity contribution in [1.29, 1.82) is 0 Å². The quantitative estimate of drug-likeness (QED) is 0.773. The number of rotatable bonds is 5. The summed E-state index contributed by atoms with van der Waals surface area (Å²) >= 11 is 0. The summed E-state index contributed by atoms with van der Waals surface area (Å²) in [7, 11) is 2.12. The van der Waals surface area contributed by atoms with Crippen LogP contribution in [0.4, 0.5) is 0 Å². The van der Waals surface area contributed by atoms with Crippen molar-refractivity contribution in [3.63, 3.8) is 0 Å². The molecule has 0 N–H and O–H groups in total. The predicted octanol–water partition coefficient (Wildman–Crippen LogP) is 3.63. The number of nitrogens with zero attached hydrogens (tertiary/aromatic N) is 2. The Morgan fingerprint density at radius 3 is 2.38 bits per heavy atom. The highest BCUT2D eigenvalue weighted by Crippen LogP contribution is 2.20. The predicted molar refractivity (Wildman–Crippen MR) is 103 cm³/mol. The average molecular weight is 350 g/mol. The third kappa shape index (κ3) is 4.20. The first-order valence-corrected chi connectivity index (χ1v) is 9.19. The van der Waals surface area contributed by atoms with Gasteiger partial charge in [-0.25, -0.2) is 0 Å². The molecule has 0 aliphatic carbocycles. The second-order valence-corrected chi connectivity index (χ2v) is 7.05. The van der Waals surface area contributed by atoms with Crippen molar-refractivity contribution in [2.45, 2.75) is 32.4 Å². The summed E-state index contributed by atoms with van der Waals surface area (Å²) in [5.41, 5.74) is 2.31. The summed E-state index contributed by atoms with van der Waals surface area (Å²) < 4.78 is 0. The topological polar surface area (TPSA) is 40.6 Å². The average Bonchev–Trinajstić information content (AvgIpc) is 2.68. The van der Waals surface area contributed by atoms with E-state index in [1.54, 1.807) is 18.2 Å². The van der Waals surface area contributed by atoms with Gasteiger partial charge in [0.05, 0.1) is 5.56 Å². The van der Waals surface area contributed by atoms with E-state index in [-0.39, 0.29) is 11.7 Å². The molecule has 1 aliphatic rings. The number of piperidine rings is 1. The summed E-state index contributed by atoms with van der Waals surface area (Å²) in [4.78, 5) is 29.1. The molecule has 0 aromatic heterocycles. The first-order chi connectivity index (χ1) is 12.6. The molecule has 2 aromatic rings. The Bertz CT molecular complexity index is 773. The van der Waals surface area contributed by atoms with Gasteiger partial charge in [-0.3, -0.25) is 14.5 Å². The molecule has 4 heteroatoms. The number of carbonyl (C=O) groups is 2. The van der Waals surface area contributed by atoms with Crippen LogP contribution >= 0.6 is 0 Å². The van der Waals surface area contributed by atoms with Crippen LogP contribution in [0.25, 0.3) is 0 Å². The van der Waals surface area contributed by atoms with Crippen LogP contribution in [0.3, 0.4) is 0 Å². The van der Waals surface area contributed by atoms with Gasteiger partial charge in [0.25, 0.3) is 5.91 Å². The third-order valence-corrected chi connectivity index (χ3v) is 5.12. The van der Waals surface area contributed by atoms with Gasteiger partial charge >= 0.3 is 0 Å². The standard InChI is InChI=1S/C22H26N2O2/c1-17(25)20-12-6-7-13-21(20)22(26)24-14-8-11-19(16-24)23(2)15-18-9-4-3-5-10-18/h3-7,9-10,12-13,19H,8,11,14-16H2,1-2H3/t19-/m0/s1. The normalized spacial score (nSPS) is 17.3. The Hall–Kier alpha value is -2.46. The molecule has 2 aromatic carbocycles. The molecule has 1 saturated heterocycles. The molecule has 0 radical (unpaired) electrons. The zero-order valence-corrected chi connectivity index (χ0v) is 15.5. The number of ketones is 1. The minimum absolute atomic E-state index is 0.0337. The second kappa shape index (κ2) is 8.28. The van der Waals surface area contributed by atoms with Crippen LogP contribution in [0.5, 0.6) is 0 Å². The molecule has 3 rings (SSSR count). The van der Waals surface area contributed by atoms with E-state index in [1.165, 1.54) is 12.5 Å². The van der Waals surface area contributed by atoms with E-state index in [9.17, 15) is 9.59 Å². The van der Waals surface area contributed by atoms with E-state index in [4.69, 9.17) is 0 Å². The van der Waals surface area contributed by atoms with Crippen molar-refractivity contribution >= 4 is 11.7 Å². The molecule has 0 saturated carbocycles. The van der Waals surface area contributed by atoms with Crippen LogP contribution in [0, 0.1) is 0 Å². The first kappa shape index (κ1) is 18.3. The van der Waals surface area contributed by atoms with Gasteiger partial charge in [-0.15, -0.1) is 0 Å². The maximum absolute atomic E-state index is 13.0. The summed E-state index contributed by atoms with van der Waals surface area (Å²) in [6.45, 7) is 3.84. The number of likely N-dealkylation sites (tertiary alicyclic amines) is 1. The maximum Gasteiger partial charge on any atom is 0.254 e. The highest BCUT2D eigenvalue weighted by Gasteiger charge is 2.28. The molecule has 0 spiro atoms. The Morgan fingerprint density at radius 2 is 1.69 bits per heavy atom. The van der Waals surface area contributed by atoms with Gasteiger partial charge in [-0.1, -0.05) is 48.5 Å². The molecule has 26 heavy (non-hydrogen) atoms. The van der Waals surface area contributed by atoms with Crippen LogP contribution in [0.15, 0.2) is 54.6 Å². The van der Waals surface area contributed by atoms with Gasteiger partial charge in [-0.05, 0) is 38.4 Å². The monoisotopic (exact) mass is 350 g/mol. The van der Waals surface area contributed by atoms with E-state index in [0.717, 1.165) is 25.9 Å². The molecule has 1 aliphatic heterocycles. The molecule has 4 nitrogen and oxygen atoms in total. The first-order valence-electron chi connectivity index (χ1n) is 9.19. The lowest BCUT2D eigenvalue weighted by Gasteiger charge is -2.38. The number of likely N-dealkylation sites (N-methyl/N-ethyl adjacent to an activating group) is 1. The van der Waals surface area contributed by atoms with E-state index < -0.39 is 0 Å². The van der Waals surface area contributed by atoms with Gasteiger partial charge in [-0.2, -0.15) is 0 Å². The lowest BCUT2D eigenvalue weighted by Crippen LogP contribution is -2.48. The smallest absolute Gasteiger partial charge is 0.254 e. The fourth-order valence-electron chi connectivity index (χ4n) is 3.65. The Labute approximate surface area is 155 Å². The second-order valence-electron chi connectivity index (χ2n) is 7.05.